The van der Waals surface area contributed by atoms with Crippen LogP contribution in [0.2, 0.25) is 0 Å². The van der Waals surface area contributed by atoms with Crippen LogP contribution in [0.25, 0.3) is 0 Å². The van der Waals surface area contributed by atoms with Gasteiger partial charge in [0.15, 0.2) is 0 Å². The van der Waals surface area contributed by atoms with Gasteiger partial charge in [-0.25, -0.2) is 0 Å². The summed E-state index contributed by atoms with van der Waals surface area (Å²) in [6, 6.07) is 11.3. The van der Waals surface area contributed by atoms with Gasteiger partial charge in [0.25, 0.3) is 0 Å². The van der Waals surface area contributed by atoms with Crippen molar-refractivity contribution in [1.82, 2.24) is 5.32 Å². The largest absolute Gasteiger partial charge is 0.496 e. The number of hydrogen-bond acceptors (Lipinski definition) is 3. The van der Waals surface area contributed by atoms with E-state index in [-0.39, 0.29) is 11.9 Å². The first kappa shape index (κ1) is 14.2. The molecule has 1 N–H and O–H groups in total. The summed E-state index contributed by atoms with van der Waals surface area (Å²) in [4.78, 5) is 11.9. The fraction of sp³-hybridized carbons (Fsp3) is 0.312. The van der Waals surface area contributed by atoms with Crippen LogP contribution in [0.4, 0.5) is 0 Å². The third-order valence-corrected chi connectivity index (χ3v) is 3.16. The molecule has 1 unspecified atom stereocenters. The number of hydrogen-bond donors (Lipinski definition) is 1. The Morgan fingerprint density at radius 2 is 2.10 bits per heavy atom. The summed E-state index contributed by atoms with van der Waals surface area (Å²) in [5, 5.41) is 2.92. The van der Waals surface area contributed by atoms with E-state index in [1.807, 2.05) is 43.3 Å². The second kappa shape index (κ2) is 6.80. The van der Waals surface area contributed by atoms with E-state index >= 15 is 0 Å². The quantitative estimate of drug-likeness (QED) is 0.880. The monoisotopic (exact) mass is 273 g/mol. The Morgan fingerprint density at radius 1 is 1.30 bits per heavy atom. The van der Waals surface area contributed by atoms with E-state index in [0.29, 0.717) is 12.8 Å². The van der Waals surface area contributed by atoms with Gasteiger partial charge in [-0.1, -0.05) is 18.2 Å². The van der Waals surface area contributed by atoms with E-state index in [9.17, 15) is 4.79 Å². The van der Waals surface area contributed by atoms with Crippen LogP contribution in [0.5, 0.6) is 5.75 Å². The first-order chi connectivity index (χ1) is 9.70. The molecule has 1 aromatic carbocycles. The summed E-state index contributed by atoms with van der Waals surface area (Å²) in [6.07, 6.45) is 2.68. The van der Waals surface area contributed by atoms with Crippen LogP contribution in [0.1, 0.15) is 30.7 Å². The van der Waals surface area contributed by atoms with Gasteiger partial charge in [0.05, 0.1) is 19.4 Å². The van der Waals surface area contributed by atoms with Crippen LogP contribution >= 0.6 is 0 Å². The molecule has 1 atom stereocenters. The molecule has 0 spiro atoms. The molecule has 4 heteroatoms. The lowest BCUT2D eigenvalue weighted by atomic mass is 10.1. The third kappa shape index (κ3) is 3.63. The number of carbonyl (C=O) groups excluding carboxylic acids is 1. The average Bonchev–Trinajstić information content (AvgIpc) is 2.99. The van der Waals surface area contributed by atoms with Crippen molar-refractivity contribution in [3.05, 3.63) is 54.0 Å². The second-order valence-electron chi connectivity index (χ2n) is 4.62. The number of aryl methyl sites for hydroxylation is 1. The predicted octanol–water partition coefficient (Wildman–Crippen LogP) is 3.10. The van der Waals surface area contributed by atoms with Crippen molar-refractivity contribution in [3.63, 3.8) is 0 Å². The Balaban J connectivity index is 1.86. The van der Waals surface area contributed by atoms with E-state index in [1.165, 1.54) is 0 Å². The van der Waals surface area contributed by atoms with E-state index in [2.05, 4.69) is 5.32 Å². The highest BCUT2D eigenvalue weighted by Crippen LogP contribution is 2.19. The molecule has 0 aliphatic heterocycles. The number of amides is 1. The van der Waals surface area contributed by atoms with E-state index in [0.717, 1.165) is 17.1 Å². The summed E-state index contributed by atoms with van der Waals surface area (Å²) >= 11 is 0. The van der Waals surface area contributed by atoms with Crippen molar-refractivity contribution in [1.29, 1.82) is 0 Å². The smallest absolute Gasteiger partial charge is 0.220 e. The highest BCUT2D eigenvalue weighted by atomic mass is 16.5. The van der Waals surface area contributed by atoms with E-state index < -0.39 is 0 Å². The van der Waals surface area contributed by atoms with Crippen molar-refractivity contribution in [2.75, 3.05) is 7.11 Å². The summed E-state index contributed by atoms with van der Waals surface area (Å²) in [7, 11) is 1.64. The zero-order valence-corrected chi connectivity index (χ0v) is 11.8. The van der Waals surface area contributed by atoms with Crippen LogP contribution in [0.3, 0.4) is 0 Å². The fourth-order valence-electron chi connectivity index (χ4n) is 2.08. The van der Waals surface area contributed by atoms with Crippen molar-refractivity contribution < 1.29 is 13.9 Å². The number of nitrogens with one attached hydrogen (secondary N) is 1. The molecule has 0 fully saturated rings. The standard InChI is InChI=1S/C16H19NO3/c1-12(14-8-5-11-20-14)17-16(18)10-9-13-6-3-4-7-15(13)19-2/h3-8,11-12H,9-10H2,1-2H3,(H,17,18). The number of ether oxygens (including phenoxy) is 1. The van der Waals surface area contributed by atoms with Gasteiger partial charge in [0.2, 0.25) is 5.91 Å². The Bertz CT molecular complexity index is 549. The van der Waals surface area contributed by atoms with Crippen molar-refractivity contribution in [3.8, 4) is 5.75 Å². The minimum atomic E-state index is -0.116. The van der Waals surface area contributed by atoms with Crippen LogP contribution < -0.4 is 10.1 Å². The first-order valence-corrected chi connectivity index (χ1v) is 6.65. The summed E-state index contributed by atoms with van der Waals surface area (Å²) < 4.78 is 10.5. The molecule has 20 heavy (non-hydrogen) atoms. The number of para-hydroxylation sites is 1. The van der Waals surface area contributed by atoms with Crippen molar-refractivity contribution in [2.45, 2.75) is 25.8 Å². The molecule has 0 radical (unpaired) electrons. The van der Waals surface area contributed by atoms with Crippen molar-refractivity contribution in [2.24, 2.45) is 0 Å². The Morgan fingerprint density at radius 3 is 2.80 bits per heavy atom. The second-order valence-corrected chi connectivity index (χ2v) is 4.62. The van der Waals surface area contributed by atoms with Crippen LogP contribution in [-0.2, 0) is 11.2 Å². The molecule has 0 bridgehead atoms. The van der Waals surface area contributed by atoms with Crippen LogP contribution in [-0.4, -0.2) is 13.0 Å². The number of furan rings is 1. The van der Waals surface area contributed by atoms with Gasteiger partial charge >= 0.3 is 0 Å². The minimum Gasteiger partial charge on any atom is -0.496 e. The Labute approximate surface area is 118 Å². The Kier molecular flexibility index (Phi) is 4.82. The zero-order chi connectivity index (χ0) is 14.4. The molecule has 1 amide bonds. The predicted molar refractivity (Wildman–Crippen MR) is 76.6 cm³/mol. The maximum atomic E-state index is 11.9. The molecule has 0 saturated carbocycles. The maximum absolute atomic E-state index is 11.9. The molecule has 2 aromatic rings. The average molecular weight is 273 g/mol. The number of rotatable bonds is 6. The normalized spacial score (nSPS) is 11.9. The van der Waals surface area contributed by atoms with Gasteiger partial charge in [0, 0.05) is 6.42 Å². The highest BCUT2D eigenvalue weighted by molar-refractivity contribution is 5.76. The highest BCUT2D eigenvalue weighted by Gasteiger charge is 2.12. The molecule has 0 aliphatic carbocycles. The Hall–Kier alpha value is -2.23. The van der Waals surface area contributed by atoms with Gasteiger partial charge in [-0.2, -0.15) is 0 Å². The lowest BCUT2D eigenvalue weighted by molar-refractivity contribution is -0.121. The zero-order valence-electron chi connectivity index (χ0n) is 11.8. The van der Waals surface area contributed by atoms with E-state index in [1.54, 1.807) is 13.4 Å². The maximum Gasteiger partial charge on any atom is 0.220 e. The van der Waals surface area contributed by atoms with Crippen LogP contribution in [0.15, 0.2) is 47.1 Å². The lowest BCUT2D eigenvalue weighted by Crippen LogP contribution is -2.26. The minimum absolute atomic E-state index is 0.000180. The van der Waals surface area contributed by atoms with Crippen LogP contribution in [0, 0.1) is 0 Å². The molecular weight excluding hydrogens is 254 g/mol. The van der Waals surface area contributed by atoms with Gasteiger partial charge in [0.1, 0.15) is 11.5 Å². The molecule has 0 aliphatic rings. The molecule has 1 heterocycles. The van der Waals surface area contributed by atoms with Crippen molar-refractivity contribution >= 4 is 5.91 Å². The molecule has 2 rings (SSSR count). The van der Waals surface area contributed by atoms with Gasteiger partial charge in [-0.15, -0.1) is 0 Å². The fourth-order valence-corrected chi connectivity index (χ4v) is 2.08. The number of methoxy groups -OCH3 is 1. The molecule has 4 nitrogen and oxygen atoms in total. The van der Waals surface area contributed by atoms with Gasteiger partial charge in [-0.3, -0.25) is 4.79 Å². The van der Waals surface area contributed by atoms with E-state index in [4.69, 9.17) is 9.15 Å². The third-order valence-electron chi connectivity index (χ3n) is 3.16. The molecule has 0 saturated heterocycles. The molecule has 1 aromatic heterocycles. The summed E-state index contributed by atoms with van der Waals surface area (Å²) in [6.45, 7) is 1.90. The van der Waals surface area contributed by atoms with Gasteiger partial charge in [-0.05, 0) is 37.1 Å². The molecular formula is C16H19NO3. The lowest BCUT2D eigenvalue weighted by Gasteiger charge is -2.12. The SMILES string of the molecule is COc1ccccc1CCC(=O)NC(C)c1ccco1. The summed E-state index contributed by atoms with van der Waals surface area (Å²) in [5.74, 6) is 1.58. The topological polar surface area (TPSA) is 51.5 Å². The number of carbonyl (C=O) groups is 1. The van der Waals surface area contributed by atoms with Gasteiger partial charge < -0.3 is 14.5 Å². The number of benzene rings is 1. The first-order valence-electron chi connectivity index (χ1n) is 6.65. The summed E-state index contributed by atoms with van der Waals surface area (Å²) in [5.41, 5.74) is 1.04. The molecule has 106 valence electrons.